The van der Waals surface area contributed by atoms with E-state index in [1.54, 1.807) is 26.0 Å². The van der Waals surface area contributed by atoms with Crippen LogP contribution in [-0.2, 0) is 16.0 Å². The van der Waals surface area contributed by atoms with Crippen LogP contribution in [-0.4, -0.2) is 34.5 Å². The molecule has 6 heteroatoms. The van der Waals surface area contributed by atoms with Gasteiger partial charge in [0.15, 0.2) is 0 Å². The predicted molar refractivity (Wildman–Crippen MR) is 149 cm³/mol. The first-order valence-electron chi connectivity index (χ1n) is 12.1. The third-order valence-electron chi connectivity index (χ3n) is 6.68. The van der Waals surface area contributed by atoms with Crippen molar-refractivity contribution in [3.63, 3.8) is 0 Å². The minimum atomic E-state index is 0.210. The van der Waals surface area contributed by atoms with E-state index in [4.69, 9.17) is 15.2 Å². The van der Waals surface area contributed by atoms with Gasteiger partial charge in [0, 0.05) is 43.5 Å². The van der Waals surface area contributed by atoms with E-state index in [-0.39, 0.29) is 5.92 Å². The van der Waals surface area contributed by atoms with Crippen LogP contribution in [0.4, 0.5) is 11.5 Å². The molecule has 0 atom stereocenters. The molecule has 3 aromatic carbocycles. The lowest BCUT2D eigenvalue weighted by Crippen LogP contribution is -2.38. The van der Waals surface area contributed by atoms with E-state index < -0.39 is 0 Å². The molecular formula is C30H32N3O2S+. The number of pyridine rings is 1. The molecule has 0 unspecified atom stereocenters. The van der Waals surface area contributed by atoms with Gasteiger partial charge in [0.25, 0.3) is 5.82 Å². The fourth-order valence-corrected chi connectivity index (χ4v) is 5.97. The number of ether oxygens (including phenoxy) is 2. The van der Waals surface area contributed by atoms with Crippen LogP contribution >= 0.6 is 11.8 Å². The van der Waals surface area contributed by atoms with Gasteiger partial charge in [0.05, 0.1) is 23.9 Å². The molecule has 5 rings (SSSR count). The van der Waals surface area contributed by atoms with Crippen LogP contribution in [0.3, 0.4) is 0 Å². The summed E-state index contributed by atoms with van der Waals surface area (Å²) in [5.41, 5.74) is 12.5. The van der Waals surface area contributed by atoms with Crippen molar-refractivity contribution in [2.45, 2.75) is 17.4 Å². The van der Waals surface area contributed by atoms with Crippen LogP contribution in [0.1, 0.15) is 22.6 Å². The Hall–Kier alpha value is -3.32. The Morgan fingerprint density at radius 1 is 0.944 bits per heavy atom. The first kappa shape index (κ1) is 24.4. The van der Waals surface area contributed by atoms with Crippen molar-refractivity contribution < 1.29 is 14.0 Å². The number of benzene rings is 3. The average Bonchev–Trinajstić information content (AvgIpc) is 3.21. The standard InChI is InChI=1S/C30H31N3O2S/c1-32-27-14-13-22(24(19-34-2)20-35-3)15-28(27)36-30(32)17-23-16-29(31)33(18-21-9-5-4-6-10-21)26-12-8-7-11-25(23)26/h4-17,24,31H,18-20H2,1-3H3/p+1. The lowest BCUT2D eigenvalue weighted by molar-refractivity contribution is -0.647. The Morgan fingerprint density at radius 3 is 2.42 bits per heavy atom. The van der Waals surface area contributed by atoms with E-state index >= 15 is 0 Å². The number of aromatic nitrogens is 1. The number of nitrogen functional groups attached to an aromatic ring is 1. The summed E-state index contributed by atoms with van der Waals surface area (Å²) in [5.74, 6) is 0.957. The van der Waals surface area contributed by atoms with Crippen LogP contribution in [0.5, 0.6) is 0 Å². The zero-order valence-corrected chi connectivity index (χ0v) is 21.8. The lowest BCUT2D eigenvalue weighted by Gasteiger charge is -2.17. The van der Waals surface area contributed by atoms with Crippen molar-refractivity contribution in [1.82, 2.24) is 0 Å². The van der Waals surface area contributed by atoms with Gasteiger partial charge in [-0.05, 0) is 41.0 Å². The summed E-state index contributed by atoms with van der Waals surface area (Å²) in [6.07, 6.45) is 2.25. The maximum absolute atomic E-state index is 6.63. The van der Waals surface area contributed by atoms with Crippen molar-refractivity contribution in [1.29, 1.82) is 0 Å². The van der Waals surface area contributed by atoms with Crippen LogP contribution in [0.15, 0.2) is 88.8 Å². The van der Waals surface area contributed by atoms with E-state index in [1.807, 2.05) is 6.07 Å². The highest BCUT2D eigenvalue weighted by Crippen LogP contribution is 2.47. The molecule has 0 saturated heterocycles. The Bertz CT molecular complexity index is 1400. The van der Waals surface area contributed by atoms with Crippen LogP contribution in [0, 0.1) is 0 Å². The molecule has 184 valence electrons. The fourth-order valence-electron chi connectivity index (χ4n) is 4.81. The summed E-state index contributed by atoms with van der Waals surface area (Å²) in [7, 11) is 5.59. The van der Waals surface area contributed by atoms with Crippen molar-refractivity contribution in [2.75, 3.05) is 45.1 Å². The van der Waals surface area contributed by atoms with E-state index in [9.17, 15) is 0 Å². The lowest BCUT2D eigenvalue weighted by atomic mass is 10.0. The van der Waals surface area contributed by atoms with Gasteiger partial charge in [-0.1, -0.05) is 66.4 Å². The molecular weight excluding hydrogens is 466 g/mol. The summed E-state index contributed by atoms with van der Waals surface area (Å²) in [4.78, 5) is 3.49. The molecule has 0 aliphatic carbocycles. The molecule has 1 aliphatic rings. The number of anilines is 2. The van der Waals surface area contributed by atoms with Crippen molar-refractivity contribution >= 4 is 40.2 Å². The molecule has 0 bridgehead atoms. The third kappa shape index (κ3) is 4.85. The monoisotopic (exact) mass is 498 g/mol. The molecule has 0 spiro atoms. The minimum absolute atomic E-state index is 0.210. The predicted octanol–water partition coefficient (Wildman–Crippen LogP) is 5.67. The van der Waals surface area contributed by atoms with Gasteiger partial charge in [-0.2, -0.15) is 0 Å². The number of hydrogen-bond donors (Lipinski definition) is 1. The van der Waals surface area contributed by atoms with Crippen LogP contribution in [0.25, 0.3) is 17.0 Å². The van der Waals surface area contributed by atoms with E-state index in [1.165, 1.54) is 32.1 Å². The number of nitrogens with zero attached hydrogens (tertiary/aromatic N) is 2. The third-order valence-corrected chi connectivity index (χ3v) is 7.83. The molecule has 5 nitrogen and oxygen atoms in total. The molecule has 1 aromatic heterocycles. The summed E-state index contributed by atoms with van der Waals surface area (Å²) < 4.78 is 13.0. The fraction of sp³-hybridized carbons (Fsp3) is 0.233. The maximum atomic E-state index is 6.63. The second kappa shape index (κ2) is 10.7. The number of rotatable bonds is 8. The summed E-state index contributed by atoms with van der Waals surface area (Å²) in [6.45, 7) is 2.00. The van der Waals surface area contributed by atoms with E-state index in [0.717, 1.165) is 23.4 Å². The molecule has 2 N–H and O–H groups in total. The van der Waals surface area contributed by atoms with Crippen LogP contribution in [0.2, 0.25) is 0 Å². The SMILES string of the molecule is COCC(COC)c1ccc2c(c1)SC(=Cc1cc(N)[n+](Cc3ccccc3)c3ccccc13)N2C. The summed E-state index contributed by atoms with van der Waals surface area (Å²) in [6, 6.07) is 27.7. The number of fused-ring (bicyclic) bond motifs is 2. The Kier molecular flexibility index (Phi) is 7.28. The Labute approximate surface area is 217 Å². The Balaban J connectivity index is 1.50. The first-order chi connectivity index (χ1) is 17.6. The second-order valence-corrected chi connectivity index (χ2v) is 10.2. The first-order valence-corrected chi connectivity index (χ1v) is 12.9. The topological polar surface area (TPSA) is 51.6 Å². The number of para-hydroxylation sites is 1. The second-order valence-electron chi connectivity index (χ2n) is 9.09. The number of nitrogens with two attached hydrogens (primary N) is 1. The maximum Gasteiger partial charge on any atom is 0.273 e. The van der Waals surface area contributed by atoms with Crippen molar-refractivity contribution in [3.05, 3.63) is 101 Å². The van der Waals surface area contributed by atoms with Crippen molar-refractivity contribution in [3.8, 4) is 0 Å². The van der Waals surface area contributed by atoms with Crippen LogP contribution < -0.4 is 15.2 Å². The molecule has 0 radical (unpaired) electrons. The normalized spacial score (nSPS) is 14.2. The molecule has 36 heavy (non-hydrogen) atoms. The van der Waals surface area contributed by atoms with Gasteiger partial charge in [-0.15, -0.1) is 0 Å². The number of methoxy groups -OCH3 is 2. The van der Waals surface area contributed by atoms with Gasteiger partial charge >= 0.3 is 0 Å². The van der Waals surface area contributed by atoms with E-state index in [2.05, 4.69) is 95.4 Å². The largest absolute Gasteiger partial charge is 0.384 e. The average molecular weight is 499 g/mol. The molecule has 4 aromatic rings. The zero-order valence-electron chi connectivity index (χ0n) is 21.0. The molecule has 0 saturated carbocycles. The number of thioether (sulfide) groups is 1. The quantitative estimate of drug-likeness (QED) is 0.317. The highest BCUT2D eigenvalue weighted by atomic mass is 32.2. The number of hydrogen-bond acceptors (Lipinski definition) is 5. The molecule has 1 aliphatic heterocycles. The van der Waals surface area contributed by atoms with Crippen molar-refractivity contribution in [2.24, 2.45) is 0 Å². The van der Waals surface area contributed by atoms with E-state index in [0.29, 0.717) is 13.2 Å². The molecule has 0 amide bonds. The van der Waals surface area contributed by atoms with Gasteiger partial charge in [-0.3, -0.25) is 5.73 Å². The van der Waals surface area contributed by atoms with Gasteiger partial charge in [-0.25, -0.2) is 4.57 Å². The Morgan fingerprint density at radius 2 is 1.67 bits per heavy atom. The summed E-state index contributed by atoms with van der Waals surface area (Å²) in [5, 5.41) is 2.35. The molecule has 0 fully saturated rings. The highest BCUT2D eigenvalue weighted by molar-refractivity contribution is 8.03. The highest BCUT2D eigenvalue weighted by Gasteiger charge is 2.25. The minimum Gasteiger partial charge on any atom is -0.384 e. The molecule has 2 heterocycles. The zero-order chi connectivity index (χ0) is 25.1. The summed E-state index contributed by atoms with van der Waals surface area (Å²) >= 11 is 1.79. The van der Waals surface area contributed by atoms with Gasteiger partial charge in [0.2, 0.25) is 0 Å². The van der Waals surface area contributed by atoms with Gasteiger partial charge < -0.3 is 14.4 Å². The smallest absolute Gasteiger partial charge is 0.273 e. The van der Waals surface area contributed by atoms with Gasteiger partial charge in [0.1, 0.15) is 12.1 Å².